The van der Waals surface area contributed by atoms with Gasteiger partial charge in [0, 0.05) is 12.8 Å². The van der Waals surface area contributed by atoms with Gasteiger partial charge >= 0.3 is 5.97 Å². The zero-order valence-corrected chi connectivity index (χ0v) is 14.3. The summed E-state index contributed by atoms with van der Waals surface area (Å²) in [5, 5.41) is 12.6. The third-order valence-corrected chi connectivity index (χ3v) is 4.45. The Morgan fingerprint density at radius 1 is 1.33 bits per heavy atom. The lowest BCUT2D eigenvalue weighted by Gasteiger charge is -2.09. The van der Waals surface area contributed by atoms with Crippen molar-refractivity contribution in [3.05, 3.63) is 47.3 Å². The van der Waals surface area contributed by atoms with Crippen molar-refractivity contribution < 1.29 is 19.4 Å². The van der Waals surface area contributed by atoms with Gasteiger partial charge in [0.2, 0.25) is 5.91 Å². The van der Waals surface area contributed by atoms with Crippen LogP contribution >= 0.6 is 11.8 Å². The summed E-state index contributed by atoms with van der Waals surface area (Å²) in [4.78, 5) is 27.3. The molecule has 0 fully saturated rings. The molecule has 1 heterocycles. The first-order chi connectivity index (χ1) is 11.6. The van der Waals surface area contributed by atoms with E-state index < -0.39 is 0 Å². The monoisotopic (exact) mass is 349 g/mol. The van der Waals surface area contributed by atoms with Gasteiger partial charge in [-0.25, -0.2) is 9.78 Å². The second-order valence-corrected chi connectivity index (χ2v) is 5.87. The molecule has 0 spiro atoms. The average molecular weight is 349 g/mol. The number of aromatic nitrogens is 2. The lowest BCUT2D eigenvalue weighted by Crippen LogP contribution is -2.24. The van der Waals surface area contributed by atoms with Crippen molar-refractivity contribution in [1.82, 2.24) is 14.9 Å². The molecule has 0 atom stereocenters. The van der Waals surface area contributed by atoms with Crippen molar-refractivity contribution in [2.75, 3.05) is 14.2 Å². The molecule has 0 aliphatic rings. The molecule has 1 aromatic carbocycles. The van der Waals surface area contributed by atoms with Crippen LogP contribution in [0.5, 0.6) is 0 Å². The Bertz CT molecular complexity index is 713. The van der Waals surface area contributed by atoms with Crippen LogP contribution in [0, 0.1) is 0 Å². The zero-order chi connectivity index (χ0) is 17.5. The van der Waals surface area contributed by atoms with Gasteiger partial charge in [0.1, 0.15) is 6.54 Å². The van der Waals surface area contributed by atoms with Crippen LogP contribution in [0.4, 0.5) is 0 Å². The molecule has 0 aliphatic carbocycles. The van der Waals surface area contributed by atoms with E-state index in [-0.39, 0.29) is 25.0 Å². The molecule has 2 N–H and O–H groups in total. The van der Waals surface area contributed by atoms with E-state index in [0.29, 0.717) is 22.2 Å². The van der Waals surface area contributed by atoms with Gasteiger partial charge in [0.15, 0.2) is 5.16 Å². The number of esters is 1. The number of rotatable bonds is 7. The van der Waals surface area contributed by atoms with Crippen LogP contribution in [0.3, 0.4) is 0 Å². The number of aliphatic hydroxyl groups excluding tert-OH is 1. The summed E-state index contributed by atoms with van der Waals surface area (Å²) in [5.41, 5.74) is 2.09. The number of ether oxygens (including phenoxy) is 1. The number of nitrogens with one attached hydrogen (secondary N) is 1. The number of benzene rings is 1. The van der Waals surface area contributed by atoms with E-state index in [2.05, 4.69) is 15.0 Å². The fourth-order valence-corrected chi connectivity index (χ4v) is 2.98. The summed E-state index contributed by atoms with van der Waals surface area (Å²) in [7, 11) is 2.91. The van der Waals surface area contributed by atoms with Gasteiger partial charge in [-0.1, -0.05) is 23.9 Å². The van der Waals surface area contributed by atoms with Crippen LogP contribution in [0.25, 0.3) is 0 Å². The lowest BCUT2D eigenvalue weighted by atomic mass is 10.1. The van der Waals surface area contributed by atoms with Crippen LogP contribution in [0.2, 0.25) is 0 Å². The first-order valence-electron chi connectivity index (χ1n) is 7.25. The first-order valence-corrected chi connectivity index (χ1v) is 8.23. The molecule has 1 aromatic heterocycles. The summed E-state index contributed by atoms with van der Waals surface area (Å²) in [6, 6.07) is 7.10. The molecule has 0 saturated carbocycles. The highest BCUT2D eigenvalue weighted by molar-refractivity contribution is 7.98. The molecule has 0 radical (unpaired) electrons. The topological polar surface area (TPSA) is 93.5 Å². The van der Waals surface area contributed by atoms with E-state index in [1.807, 2.05) is 12.1 Å². The van der Waals surface area contributed by atoms with Crippen molar-refractivity contribution in [1.29, 1.82) is 0 Å². The number of hydrogen-bond acceptors (Lipinski definition) is 6. The number of methoxy groups -OCH3 is 1. The van der Waals surface area contributed by atoms with Crippen LogP contribution in [-0.4, -0.2) is 40.7 Å². The summed E-state index contributed by atoms with van der Waals surface area (Å²) >= 11 is 1.45. The lowest BCUT2D eigenvalue weighted by molar-refractivity contribution is -0.121. The SMILES string of the molecule is CNC(=O)Cn1c(CO)cnc1SCc1ccc(C(=O)OC)cc1. The smallest absolute Gasteiger partial charge is 0.337 e. The molecule has 0 bridgehead atoms. The van der Waals surface area contributed by atoms with Crippen molar-refractivity contribution in [2.24, 2.45) is 0 Å². The Labute approximate surface area is 144 Å². The molecule has 8 heteroatoms. The Morgan fingerprint density at radius 2 is 2.04 bits per heavy atom. The Balaban J connectivity index is 2.07. The molecule has 0 unspecified atom stereocenters. The number of hydrogen-bond donors (Lipinski definition) is 2. The number of thioether (sulfide) groups is 1. The number of likely N-dealkylation sites (N-methyl/N-ethyl adjacent to an activating group) is 1. The second kappa shape index (κ2) is 8.51. The fraction of sp³-hybridized carbons (Fsp3) is 0.312. The minimum atomic E-state index is -0.372. The fourth-order valence-electron chi connectivity index (χ4n) is 2.03. The Hall–Kier alpha value is -2.32. The molecule has 1 amide bonds. The number of aliphatic hydroxyl groups is 1. The van der Waals surface area contributed by atoms with Crippen LogP contribution in [-0.2, 0) is 28.4 Å². The summed E-state index contributed by atoms with van der Waals surface area (Å²) in [5.74, 6) is 0.0896. The highest BCUT2D eigenvalue weighted by Crippen LogP contribution is 2.23. The maximum atomic E-state index is 11.6. The zero-order valence-electron chi connectivity index (χ0n) is 13.5. The van der Waals surface area contributed by atoms with Gasteiger partial charge in [-0.05, 0) is 17.7 Å². The van der Waals surface area contributed by atoms with E-state index >= 15 is 0 Å². The van der Waals surface area contributed by atoms with Gasteiger partial charge < -0.3 is 19.7 Å². The molecule has 0 aliphatic heterocycles. The van der Waals surface area contributed by atoms with E-state index in [0.717, 1.165) is 5.56 Å². The average Bonchev–Trinajstić information content (AvgIpc) is 3.01. The van der Waals surface area contributed by atoms with E-state index in [1.54, 1.807) is 29.9 Å². The molecular formula is C16H19N3O4S. The third kappa shape index (κ3) is 4.36. The van der Waals surface area contributed by atoms with Crippen LogP contribution in [0.15, 0.2) is 35.6 Å². The van der Waals surface area contributed by atoms with Crippen molar-refractivity contribution >= 4 is 23.6 Å². The third-order valence-electron chi connectivity index (χ3n) is 3.39. The highest BCUT2D eigenvalue weighted by atomic mass is 32.2. The van der Waals surface area contributed by atoms with Crippen molar-refractivity contribution in [3.63, 3.8) is 0 Å². The molecule has 7 nitrogen and oxygen atoms in total. The molecular weight excluding hydrogens is 330 g/mol. The minimum Gasteiger partial charge on any atom is -0.465 e. The molecule has 2 aromatic rings. The molecule has 24 heavy (non-hydrogen) atoms. The molecule has 128 valence electrons. The van der Waals surface area contributed by atoms with E-state index in [4.69, 9.17) is 0 Å². The number of nitrogens with zero attached hydrogens (tertiary/aromatic N) is 2. The van der Waals surface area contributed by atoms with Gasteiger partial charge in [0.05, 0.1) is 31.2 Å². The summed E-state index contributed by atoms with van der Waals surface area (Å²) in [6.45, 7) is -0.0750. The number of imidazole rings is 1. The predicted molar refractivity (Wildman–Crippen MR) is 89.6 cm³/mol. The van der Waals surface area contributed by atoms with E-state index in [9.17, 15) is 14.7 Å². The van der Waals surface area contributed by atoms with Gasteiger partial charge in [0.25, 0.3) is 0 Å². The summed E-state index contributed by atoms with van der Waals surface area (Å²) < 4.78 is 6.35. The predicted octanol–water partition coefficient (Wildman–Crippen LogP) is 1.20. The maximum Gasteiger partial charge on any atom is 0.337 e. The van der Waals surface area contributed by atoms with E-state index in [1.165, 1.54) is 18.9 Å². The first kappa shape index (κ1) is 18.0. The van der Waals surface area contributed by atoms with Gasteiger partial charge in [-0.2, -0.15) is 0 Å². The van der Waals surface area contributed by atoms with Crippen LogP contribution < -0.4 is 5.32 Å². The maximum absolute atomic E-state index is 11.6. The Morgan fingerprint density at radius 3 is 2.62 bits per heavy atom. The number of carbonyl (C=O) groups is 2. The highest BCUT2D eigenvalue weighted by Gasteiger charge is 2.13. The quantitative estimate of drug-likeness (QED) is 0.576. The van der Waals surface area contributed by atoms with Crippen molar-refractivity contribution in [2.45, 2.75) is 24.1 Å². The van der Waals surface area contributed by atoms with Gasteiger partial charge in [-0.3, -0.25) is 4.79 Å². The number of amides is 1. The molecule has 0 saturated heterocycles. The van der Waals surface area contributed by atoms with Gasteiger partial charge in [-0.15, -0.1) is 0 Å². The largest absolute Gasteiger partial charge is 0.465 e. The normalized spacial score (nSPS) is 10.5. The standard InChI is InChI=1S/C16H19N3O4S/c1-17-14(21)8-19-13(9-20)7-18-16(19)24-10-11-3-5-12(6-4-11)15(22)23-2/h3-7,20H,8-10H2,1-2H3,(H,17,21). The van der Waals surface area contributed by atoms with Crippen LogP contribution in [0.1, 0.15) is 21.6 Å². The minimum absolute atomic E-state index is 0.107. The second-order valence-electron chi connectivity index (χ2n) is 4.93. The molecule has 2 rings (SSSR count). The Kier molecular flexibility index (Phi) is 6.39. The van der Waals surface area contributed by atoms with Crippen molar-refractivity contribution in [3.8, 4) is 0 Å². The summed E-state index contributed by atoms with van der Waals surface area (Å²) in [6.07, 6.45) is 1.56. The number of carbonyl (C=O) groups excluding carboxylic acids is 2.